The topological polar surface area (TPSA) is 52.6 Å². The first-order valence-electron chi connectivity index (χ1n) is 8.78. The van der Waals surface area contributed by atoms with Crippen molar-refractivity contribution in [2.45, 2.75) is 39.2 Å². The summed E-state index contributed by atoms with van der Waals surface area (Å²) in [7, 11) is 0. The molecule has 2 aromatic carbocycles. The zero-order valence-corrected chi connectivity index (χ0v) is 15.8. The molecule has 0 aliphatic carbocycles. The van der Waals surface area contributed by atoms with Crippen molar-refractivity contribution in [2.24, 2.45) is 0 Å². The first-order valence-corrected chi connectivity index (χ1v) is 9.16. The number of benzene rings is 2. The molecule has 0 saturated heterocycles. The minimum absolute atomic E-state index is 0.0962. The number of carbonyl (C=O) groups is 2. The van der Waals surface area contributed by atoms with E-state index < -0.39 is 6.10 Å². The Bertz CT molecular complexity index is 723. The van der Waals surface area contributed by atoms with E-state index in [4.69, 9.17) is 21.1 Å². The quantitative estimate of drug-likeness (QED) is 0.454. The van der Waals surface area contributed by atoms with E-state index in [0.29, 0.717) is 34.9 Å². The van der Waals surface area contributed by atoms with Crippen LogP contribution in [0, 0.1) is 0 Å². The molecule has 0 aliphatic rings. The Morgan fingerprint density at radius 1 is 0.962 bits per heavy atom. The van der Waals surface area contributed by atoms with Gasteiger partial charge in [-0.2, -0.15) is 0 Å². The molecule has 0 aromatic heterocycles. The number of ketones is 1. The lowest BCUT2D eigenvalue weighted by molar-refractivity contribution is -0.151. The van der Waals surface area contributed by atoms with E-state index in [0.717, 1.165) is 12.8 Å². The van der Waals surface area contributed by atoms with Crippen LogP contribution in [0.4, 0.5) is 0 Å². The van der Waals surface area contributed by atoms with Crippen molar-refractivity contribution >= 4 is 23.4 Å². The molecule has 2 aromatic rings. The molecule has 0 amide bonds. The molecule has 0 heterocycles. The highest BCUT2D eigenvalue weighted by molar-refractivity contribution is 6.30. The fourth-order valence-electron chi connectivity index (χ4n) is 2.47. The largest absolute Gasteiger partial charge is 0.479 e. The Kier molecular flexibility index (Phi) is 7.67. The molecule has 0 spiro atoms. The molecule has 0 N–H and O–H groups in total. The van der Waals surface area contributed by atoms with E-state index in [1.165, 1.54) is 0 Å². The first-order chi connectivity index (χ1) is 12.5. The second-order valence-corrected chi connectivity index (χ2v) is 6.30. The van der Waals surface area contributed by atoms with Gasteiger partial charge in [-0.15, -0.1) is 0 Å². The molecule has 0 bridgehead atoms. The van der Waals surface area contributed by atoms with E-state index in [9.17, 15) is 9.59 Å². The molecule has 1 unspecified atom stereocenters. The molecular formula is C21H23ClO4. The van der Waals surface area contributed by atoms with Crippen LogP contribution in [-0.4, -0.2) is 24.5 Å². The second kappa shape index (κ2) is 9.97. The molecule has 2 rings (SSSR count). The van der Waals surface area contributed by atoms with Crippen molar-refractivity contribution in [3.05, 3.63) is 64.7 Å². The maximum atomic E-state index is 12.5. The van der Waals surface area contributed by atoms with E-state index in [1.54, 1.807) is 55.5 Å². The Labute approximate surface area is 159 Å². The van der Waals surface area contributed by atoms with Crippen molar-refractivity contribution < 1.29 is 19.1 Å². The summed E-state index contributed by atoms with van der Waals surface area (Å²) in [5.74, 6) is 0.0789. The molecule has 4 nitrogen and oxygen atoms in total. The summed E-state index contributed by atoms with van der Waals surface area (Å²) in [5.41, 5.74) is 1.11. The number of ether oxygens (including phenoxy) is 2. The van der Waals surface area contributed by atoms with Crippen LogP contribution >= 0.6 is 11.6 Å². The van der Waals surface area contributed by atoms with Gasteiger partial charge < -0.3 is 9.47 Å². The third-order valence-electron chi connectivity index (χ3n) is 3.87. The molecule has 0 aliphatic heterocycles. The molecule has 0 fully saturated rings. The summed E-state index contributed by atoms with van der Waals surface area (Å²) in [6.07, 6.45) is 1.80. The van der Waals surface area contributed by atoms with Crippen LogP contribution in [0.15, 0.2) is 48.5 Å². The van der Waals surface area contributed by atoms with Gasteiger partial charge in [0.2, 0.25) is 0 Å². The van der Waals surface area contributed by atoms with Crippen molar-refractivity contribution in [3.8, 4) is 5.75 Å². The predicted molar refractivity (Wildman–Crippen MR) is 102 cm³/mol. The smallest absolute Gasteiger partial charge is 0.347 e. The fraction of sp³-hybridized carbons (Fsp3) is 0.333. The van der Waals surface area contributed by atoms with Crippen molar-refractivity contribution in [2.75, 3.05) is 6.61 Å². The second-order valence-electron chi connectivity index (χ2n) is 5.86. The lowest BCUT2D eigenvalue weighted by Gasteiger charge is -2.17. The summed E-state index contributed by atoms with van der Waals surface area (Å²) in [5, 5.41) is 0.586. The zero-order valence-electron chi connectivity index (χ0n) is 15.0. The standard InChI is InChI=1S/C21H23ClO4/c1-3-5-6-19(21(24)25-4-2)26-18-13-9-16(10-14-18)20(23)15-7-11-17(22)12-8-15/h7-14,19H,3-6H2,1-2H3. The third-order valence-corrected chi connectivity index (χ3v) is 4.12. The molecule has 5 heteroatoms. The molecule has 1 atom stereocenters. The van der Waals surface area contributed by atoms with Crippen LogP contribution in [-0.2, 0) is 9.53 Å². The molecule has 0 radical (unpaired) electrons. The highest BCUT2D eigenvalue weighted by Crippen LogP contribution is 2.19. The van der Waals surface area contributed by atoms with Gasteiger partial charge in [0, 0.05) is 16.1 Å². The number of rotatable bonds is 9. The Morgan fingerprint density at radius 2 is 1.54 bits per heavy atom. The SMILES string of the molecule is CCCCC(Oc1ccc(C(=O)c2ccc(Cl)cc2)cc1)C(=O)OCC. The van der Waals surface area contributed by atoms with Crippen LogP contribution < -0.4 is 4.74 Å². The maximum Gasteiger partial charge on any atom is 0.347 e. The van der Waals surface area contributed by atoms with Gasteiger partial charge in [0.1, 0.15) is 5.75 Å². The van der Waals surface area contributed by atoms with Crippen LogP contribution in [0.1, 0.15) is 49.0 Å². The monoisotopic (exact) mass is 374 g/mol. The highest BCUT2D eigenvalue weighted by Gasteiger charge is 2.21. The minimum Gasteiger partial charge on any atom is -0.479 e. The van der Waals surface area contributed by atoms with Crippen molar-refractivity contribution in [1.29, 1.82) is 0 Å². The normalized spacial score (nSPS) is 11.7. The van der Waals surface area contributed by atoms with E-state index in [-0.39, 0.29) is 11.8 Å². The number of unbranched alkanes of at least 4 members (excludes halogenated alkanes) is 1. The first kappa shape index (κ1) is 20.0. The van der Waals surface area contributed by atoms with E-state index in [1.807, 2.05) is 0 Å². The van der Waals surface area contributed by atoms with Gasteiger partial charge in [-0.3, -0.25) is 4.79 Å². The summed E-state index contributed by atoms with van der Waals surface area (Å²) in [6.45, 7) is 4.14. The van der Waals surface area contributed by atoms with Gasteiger partial charge in [-0.1, -0.05) is 24.9 Å². The Balaban J connectivity index is 2.08. The zero-order chi connectivity index (χ0) is 18.9. The lowest BCUT2D eigenvalue weighted by Crippen LogP contribution is -2.29. The molecular weight excluding hydrogens is 352 g/mol. The third kappa shape index (κ3) is 5.60. The van der Waals surface area contributed by atoms with Crippen LogP contribution in [0.3, 0.4) is 0 Å². The van der Waals surface area contributed by atoms with Gasteiger partial charge in [-0.05, 0) is 68.3 Å². The highest BCUT2D eigenvalue weighted by atomic mass is 35.5. The van der Waals surface area contributed by atoms with Crippen LogP contribution in [0.25, 0.3) is 0 Å². The number of carbonyl (C=O) groups excluding carboxylic acids is 2. The summed E-state index contributed by atoms with van der Waals surface area (Å²) >= 11 is 5.85. The number of hydrogen-bond acceptors (Lipinski definition) is 4. The summed E-state index contributed by atoms with van der Waals surface area (Å²) < 4.78 is 10.9. The average molecular weight is 375 g/mol. The van der Waals surface area contributed by atoms with Gasteiger partial charge in [0.15, 0.2) is 11.9 Å². The van der Waals surface area contributed by atoms with Crippen molar-refractivity contribution in [3.63, 3.8) is 0 Å². The lowest BCUT2D eigenvalue weighted by atomic mass is 10.0. The Hall–Kier alpha value is -2.33. The summed E-state index contributed by atoms with van der Waals surface area (Å²) in [6, 6.07) is 13.5. The number of hydrogen-bond donors (Lipinski definition) is 0. The summed E-state index contributed by atoms with van der Waals surface area (Å²) in [4.78, 5) is 24.5. The number of esters is 1. The van der Waals surface area contributed by atoms with Crippen LogP contribution in [0.5, 0.6) is 5.75 Å². The molecule has 0 saturated carbocycles. The maximum absolute atomic E-state index is 12.5. The van der Waals surface area contributed by atoms with Crippen LogP contribution in [0.2, 0.25) is 5.02 Å². The van der Waals surface area contributed by atoms with Gasteiger partial charge in [0.25, 0.3) is 0 Å². The Morgan fingerprint density at radius 3 is 2.08 bits per heavy atom. The predicted octanol–water partition coefficient (Wildman–Crippen LogP) is 5.07. The molecule has 138 valence electrons. The van der Waals surface area contributed by atoms with Gasteiger partial charge in [0.05, 0.1) is 6.61 Å². The average Bonchev–Trinajstić information content (AvgIpc) is 2.66. The van der Waals surface area contributed by atoms with Crippen molar-refractivity contribution in [1.82, 2.24) is 0 Å². The number of halogens is 1. The van der Waals surface area contributed by atoms with Gasteiger partial charge >= 0.3 is 5.97 Å². The fourth-order valence-corrected chi connectivity index (χ4v) is 2.59. The van der Waals surface area contributed by atoms with E-state index in [2.05, 4.69) is 6.92 Å². The minimum atomic E-state index is -0.632. The molecule has 26 heavy (non-hydrogen) atoms. The van der Waals surface area contributed by atoms with Gasteiger partial charge in [-0.25, -0.2) is 4.79 Å². The van der Waals surface area contributed by atoms with E-state index >= 15 is 0 Å².